The number of rotatable bonds is 6. The largest absolute Gasteiger partial charge is 0.326 e. The van der Waals surface area contributed by atoms with Crippen molar-refractivity contribution >= 4 is 40.7 Å². The molecule has 1 amide bonds. The number of hydrogen-bond donors (Lipinski definition) is 1. The van der Waals surface area contributed by atoms with Crippen LogP contribution in [0.3, 0.4) is 0 Å². The van der Waals surface area contributed by atoms with Crippen LogP contribution in [0.25, 0.3) is 11.4 Å². The van der Waals surface area contributed by atoms with Crippen LogP contribution < -0.4 is 5.32 Å². The average Bonchev–Trinajstić information content (AvgIpc) is 3.27. The van der Waals surface area contributed by atoms with Crippen LogP contribution in [-0.2, 0) is 17.8 Å². The van der Waals surface area contributed by atoms with Crippen molar-refractivity contribution in [3.63, 3.8) is 0 Å². The molecule has 6 nitrogen and oxygen atoms in total. The fourth-order valence-electron chi connectivity index (χ4n) is 3.14. The molecule has 0 radical (unpaired) electrons. The van der Waals surface area contributed by atoms with Crippen LogP contribution in [0, 0.1) is 0 Å². The van der Waals surface area contributed by atoms with Crippen LogP contribution in [0.1, 0.15) is 22.8 Å². The third kappa shape index (κ3) is 3.68. The smallest absolute Gasteiger partial charge is 0.228 e. The van der Waals surface area contributed by atoms with E-state index in [1.54, 1.807) is 18.2 Å². The molecule has 1 aromatic heterocycles. The minimum Gasteiger partial charge on any atom is -0.326 e. The van der Waals surface area contributed by atoms with Gasteiger partial charge in [0.25, 0.3) is 0 Å². The number of anilines is 1. The Labute approximate surface area is 171 Å². The number of ketones is 1. The summed E-state index contributed by atoms with van der Waals surface area (Å²) in [6.45, 7) is 2.69. The minimum absolute atomic E-state index is 0.0119. The van der Waals surface area contributed by atoms with Gasteiger partial charge in [0.1, 0.15) is 0 Å². The number of carbonyl (C=O) groups excluding carboxylic acids is 2. The maximum atomic E-state index is 12.6. The molecule has 1 aliphatic rings. The van der Waals surface area contributed by atoms with Crippen molar-refractivity contribution in [3.8, 4) is 11.4 Å². The lowest BCUT2D eigenvalue weighted by molar-refractivity contribution is -0.115. The zero-order valence-electron chi connectivity index (χ0n) is 15.1. The summed E-state index contributed by atoms with van der Waals surface area (Å²) in [5.41, 5.74) is 3.13. The van der Waals surface area contributed by atoms with Gasteiger partial charge in [0, 0.05) is 28.4 Å². The van der Waals surface area contributed by atoms with E-state index in [2.05, 4.69) is 15.5 Å². The Bertz CT molecular complexity index is 1080. The highest BCUT2D eigenvalue weighted by atomic mass is 35.5. The Hall–Kier alpha value is -2.64. The minimum atomic E-state index is -0.0430. The molecule has 8 heteroatoms. The van der Waals surface area contributed by atoms with Crippen molar-refractivity contribution in [3.05, 3.63) is 58.6 Å². The first-order chi connectivity index (χ1) is 13.5. The van der Waals surface area contributed by atoms with Crippen LogP contribution in [0.4, 0.5) is 5.69 Å². The number of thioether (sulfide) groups is 1. The monoisotopic (exact) mass is 412 g/mol. The van der Waals surface area contributed by atoms with Crippen LogP contribution in [0.2, 0.25) is 5.02 Å². The molecule has 0 saturated heterocycles. The second-order valence-electron chi connectivity index (χ2n) is 6.37. The van der Waals surface area contributed by atoms with Crippen molar-refractivity contribution in [2.24, 2.45) is 0 Å². The van der Waals surface area contributed by atoms with Gasteiger partial charge in [-0.1, -0.05) is 35.5 Å². The van der Waals surface area contributed by atoms with Crippen LogP contribution in [0.5, 0.6) is 0 Å². The SMILES string of the molecule is CCn1c(SCC(=O)c2ccc3c(c2)CC(=O)N3)nnc1-c1cccc(Cl)c1. The Kier molecular flexibility index (Phi) is 5.19. The van der Waals surface area contributed by atoms with Gasteiger partial charge in [0.05, 0.1) is 12.2 Å². The van der Waals surface area contributed by atoms with Gasteiger partial charge in [-0.05, 0) is 42.8 Å². The fraction of sp³-hybridized carbons (Fsp3) is 0.200. The van der Waals surface area contributed by atoms with E-state index in [4.69, 9.17) is 11.6 Å². The highest BCUT2D eigenvalue weighted by molar-refractivity contribution is 7.99. The number of amides is 1. The lowest BCUT2D eigenvalue weighted by Crippen LogP contribution is -2.05. The summed E-state index contributed by atoms with van der Waals surface area (Å²) in [6, 6.07) is 12.8. The molecular weight excluding hydrogens is 396 g/mol. The van der Waals surface area contributed by atoms with E-state index in [1.165, 1.54) is 11.8 Å². The molecule has 1 aliphatic heterocycles. The summed E-state index contributed by atoms with van der Waals surface area (Å²) in [5.74, 6) is 0.913. The normalized spacial score (nSPS) is 12.7. The number of Topliss-reactive ketones (excluding diaryl/α,β-unsaturated/α-hetero) is 1. The van der Waals surface area contributed by atoms with E-state index in [-0.39, 0.29) is 17.4 Å². The van der Waals surface area contributed by atoms with Gasteiger partial charge in [-0.3, -0.25) is 9.59 Å². The molecule has 0 aliphatic carbocycles. The Balaban J connectivity index is 1.50. The molecule has 2 heterocycles. The number of hydrogen-bond acceptors (Lipinski definition) is 5. The molecule has 4 rings (SSSR count). The van der Waals surface area contributed by atoms with Crippen LogP contribution >= 0.6 is 23.4 Å². The number of nitrogens with zero attached hydrogens (tertiary/aromatic N) is 3. The summed E-state index contributed by atoms with van der Waals surface area (Å²) < 4.78 is 1.97. The highest BCUT2D eigenvalue weighted by Crippen LogP contribution is 2.28. The average molecular weight is 413 g/mol. The molecule has 0 saturated carbocycles. The Morgan fingerprint density at radius 3 is 2.89 bits per heavy atom. The number of halogens is 1. The van der Waals surface area contributed by atoms with Gasteiger partial charge in [-0.15, -0.1) is 10.2 Å². The van der Waals surface area contributed by atoms with E-state index in [1.807, 2.05) is 35.8 Å². The Morgan fingerprint density at radius 2 is 2.11 bits per heavy atom. The number of benzene rings is 2. The number of nitrogens with one attached hydrogen (secondary N) is 1. The van der Waals surface area contributed by atoms with Gasteiger partial charge in [-0.2, -0.15) is 0 Å². The predicted molar refractivity (Wildman–Crippen MR) is 110 cm³/mol. The first kappa shape index (κ1) is 18.7. The topological polar surface area (TPSA) is 76.9 Å². The Morgan fingerprint density at radius 1 is 1.25 bits per heavy atom. The van der Waals surface area contributed by atoms with Crippen molar-refractivity contribution in [2.45, 2.75) is 25.0 Å². The summed E-state index contributed by atoms with van der Waals surface area (Å²) >= 11 is 7.44. The maximum Gasteiger partial charge on any atom is 0.228 e. The second kappa shape index (κ2) is 7.77. The van der Waals surface area contributed by atoms with E-state index in [9.17, 15) is 9.59 Å². The molecule has 28 heavy (non-hydrogen) atoms. The molecule has 0 atom stereocenters. The third-order valence-corrected chi connectivity index (χ3v) is 5.70. The van der Waals surface area contributed by atoms with E-state index < -0.39 is 0 Å². The second-order valence-corrected chi connectivity index (χ2v) is 7.75. The van der Waals surface area contributed by atoms with E-state index in [0.29, 0.717) is 28.7 Å². The quantitative estimate of drug-likeness (QED) is 0.487. The van der Waals surface area contributed by atoms with Gasteiger partial charge >= 0.3 is 0 Å². The molecule has 1 N–H and O–H groups in total. The van der Waals surface area contributed by atoms with E-state index >= 15 is 0 Å². The van der Waals surface area contributed by atoms with Crippen molar-refractivity contribution in [2.75, 3.05) is 11.1 Å². The van der Waals surface area contributed by atoms with Crippen LogP contribution in [0.15, 0.2) is 47.6 Å². The molecule has 0 fully saturated rings. The molecule has 0 spiro atoms. The lowest BCUT2D eigenvalue weighted by Gasteiger charge is -2.08. The van der Waals surface area contributed by atoms with Crippen molar-refractivity contribution in [1.29, 1.82) is 0 Å². The molecule has 3 aromatic rings. The maximum absolute atomic E-state index is 12.6. The molecular formula is C20H17ClN4O2S. The van der Waals surface area contributed by atoms with Gasteiger partial charge < -0.3 is 9.88 Å². The first-order valence-electron chi connectivity index (χ1n) is 8.83. The van der Waals surface area contributed by atoms with Crippen LogP contribution in [-0.4, -0.2) is 32.2 Å². The summed E-state index contributed by atoms with van der Waals surface area (Å²) in [6.07, 6.45) is 0.316. The first-order valence-corrected chi connectivity index (χ1v) is 10.2. The van der Waals surface area contributed by atoms with E-state index in [0.717, 1.165) is 22.6 Å². The highest BCUT2D eigenvalue weighted by Gasteiger charge is 2.20. The third-order valence-electron chi connectivity index (χ3n) is 4.50. The zero-order chi connectivity index (χ0) is 19.7. The molecule has 142 valence electrons. The molecule has 2 aromatic carbocycles. The van der Waals surface area contributed by atoms with Gasteiger partial charge in [-0.25, -0.2) is 0 Å². The number of carbonyl (C=O) groups is 2. The standard InChI is InChI=1S/C20H17ClN4O2S/c1-2-25-19(13-4-3-5-15(21)9-13)23-24-20(25)28-11-17(26)12-6-7-16-14(8-12)10-18(27)22-16/h3-9H,2,10-11H2,1H3,(H,22,27). The molecule has 0 bridgehead atoms. The fourth-order valence-corrected chi connectivity index (χ4v) is 4.22. The van der Waals surface area contributed by atoms with Crippen molar-refractivity contribution in [1.82, 2.24) is 14.8 Å². The lowest BCUT2D eigenvalue weighted by atomic mass is 10.1. The zero-order valence-corrected chi connectivity index (χ0v) is 16.7. The summed E-state index contributed by atoms with van der Waals surface area (Å²) in [7, 11) is 0. The molecule has 0 unspecified atom stereocenters. The van der Waals surface area contributed by atoms with Crippen molar-refractivity contribution < 1.29 is 9.59 Å². The summed E-state index contributed by atoms with van der Waals surface area (Å²) in [5, 5.41) is 12.6. The van der Waals surface area contributed by atoms with Gasteiger partial charge in [0.15, 0.2) is 16.8 Å². The number of aromatic nitrogens is 3. The summed E-state index contributed by atoms with van der Waals surface area (Å²) in [4.78, 5) is 24.1. The van der Waals surface area contributed by atoms with Gasteiger partial charge in [0.2, 0.25) is 5.91 Å². The number of fused-ring (bicyclic) bond motifs is 1. The predicted octanol–water partition coefficient (Wildman–Crippen LogP) is 4.09.